The zero-order chi connectivity index (χ0) is 22.7. The third-order valence-corrected chi connectivity index (χ3v) is 6.65. The maximum atomic E-state index is 13.4. The monoisotopic (exact) mass is 458 g/mol. The number of morpholine rings is 1. The van der Waals surface area contributed by atoms with Gasteiger partial charge in [0.2, 0.25) is 5.78 Å². The number of ether oxygens (including phenoxy) is 3. The summed E-state index contributed by atoms with van der Waals surface area (Å²) in [5.41, 5.74) is 0.650. The van der Waals surface area contributed by atoms with Crippen molar-refractivity contribution < 1.29 is 28.9 Å². The Kier molecular flexibility index (Phi) is 6.78. The number of carbonyl (C=O) groups is 2. The number of nitrogens with zero attached hydrogens (tertiary/aromatic N) is 2. The van der Waals surface area contributed by atoms with Gasteiger partial charge in [0, 0.05) is 31.7 Å². The molecule has 1 fully saturated rings. The van der Waals surface area contributed by atoms with Crippen LogP contribution in [0, 0.1) is 0 Å². The van der Waals surface area contributed by atoms with E-state index < -0.39 is 17.7 Å². The van der Waals surface area contributed by atoms with E-state index in [1.807, 2.05) is 0 Å². The van der Waals surface area contributed by atoms with Crippen molar-refractivity contribution in [2.45, 2.75) is 6.04 Å². The first kappa shape index (κ1) is 22.3. The Hall–Kier alpha value is -2.88. The van der Waals surface area contributed by atoms with Gasteiger partial charge in [-0.3, -0.25) is 14.5 Å². The summed E-state index contributed by atoms with van der Waals surface area (Å²) in [6, 6.07) is 7.91. The highest BCUT2D eigenvalue weighted by Crippen LogP contribution is 2.43. The minimum absolute atomic E-state index is 0.0611. The highest BCUT2D eigenvalue weighted by molar-refractivity contribution is 7.12. The average Bonchev–Trinajstić information content (AvgIpc) is 3.45. The second-order valence-electron chi connectivity index (χ2n) is 7.53. The summed E-state index contributed by atoms with van der Waals surface area (Å²) in [5, 5.41) is 12.6. The van der Waals surface area contributed by atoms with Crippen molar-refractivity contribution in [3.05, 3.63) is 57.5 Å². The minimum Gasteiger partial charge on any atom is -0.503 e. The van der Waals surface area contributed by atoms with E-state index in [2.05, 4.69) is 4.90 Å². The summed E-state index contributed by atoms with van der Waals surface area (Å²) in [6.45, 7) is 3.78. The molecule has 170 valence electrons. The van der Waals surface area contributed by atoms with Crippen molar-refractivity contribution in [1.82, 2.24) is 9.80 Å². The van der Waals surface area contributed by atoms with Crippen molar-refractivity contribution in [3.63, 3.8) is 0 Å². The van der Waals surface area contributed by atoms with E-state index in [4.69, 9.17) is 14.2 Å². The molecule has 1 aromatic heterocycles. The molecule has 1 saturated heterocycles. The first-order chi connectivity index (χ1) is 15.5. The Morgan fingerprint density at radius 3 is 2.62 bits per heavy atom. The molecule has 2 aromatic rings. The summed E-state index contributed by atoms with van der Waals surface area (Å²) in [5.74, 6) is -0.371. The van der Waals surface area contributed by atoms with Crippen molar-refractivity contribution in [2.24, 2.45) is 0 Å². The molecular weight excluding hydrogens is 432 g/mol. The topological polar surface area (TPSA) is 88.5 Å². The smallest absolute Gasteiger partial charge is 0.290 e. The number of aliphatic hydroxyl groups is 1. The van der Waals surface area contributed by atoms with E-state index in [1.165, 1.54) is 18.4 Å². The van der Waals surface area contributed by atoms with E-state index >= 15 is 0 Å². The van der Waals surface area contributed by atoms with Crippen LogP contribution in [0.5, 0.6) is 11.5 Å². The summed E-state index contributed by atoms with van der Waals surface area (Å²) < 4.78 is 16.3. The number of Topliss-reactive ketones (excluding diaryl/α,β-unsaturated/α-hetero) is 1. The molecule has 0 radical (unpaired) electrons. The van der Waals surface area contributed by atoms with Crippen molar-refractivity contribution in [2.75, 3.05) is 53.6 Å². The first-order valence-corrected chi connectivity index (χ1v) is 11.3. The number of thiophene rings is 1. The zero-order valence-corrected chi connectivity index (χ0v) is 18.9. The molecule has 0 aliphatic carbocycles. The van der Waals surface area contributed by atoms with Crippen molar-refractivity contribution >= 4 is 23.0 Å². The van der Waals surface area contributed by atoms with E-state index in [9.17, 15) is 14.7 Å². The van der Waals surface area contributed by atoms with Crippen LogP contribution in [-0.2, 0) is 9.53 Å². The van der Waals surface area contributed by atoms with Crippen LogP contribution in [0.25, 0.3) is 0 Å². The third-order valence-electron chi connectivity index (χ3n) is 5.79. The number of benzene rings is 1. The minimum atomic E-state index is -0.789. The number of amides is 1. The van der Waals surface area contributed by atoms with Crippen LogP contribution in [0.3, 0.4) is 0 Å². The van der Waals surface area contributed by atoms with Crippen molar-refractivity contribution in [3.8, 4) is 11.5 Å². The SMILES string of the molecule is COc1ccc(OC)c([C@H]2C(C(=O)c3cccs3)=C(O)C(=O)N2CCN2CCOCC2)c1. The second-order valence-corrected chi connectivity index (χ2v) is 8.48. The summed E-state index contributed by atoms with van der Waals surface area (Å²) in [7, 11) is 3.08. The molecule has 3 heterocycles. The quantitative estimate of drug-likeness (QED) is 0.609. The number of rotatable bonds is 8. The van der Waals surface area contributed by atoms with E-state index in [1.54, 1.807) is 47.7 Å². The Labute approximate surface area is 190 Å². The summed E-state index contributed by atoms with van der Waals surface area (Å²) in [4.78, 5) is 30.7. The molecule has 2 aliphatic heterocycles. The van der Waals surface area contributed by atoms with Gasteiger partial charge in [-0.25, -0.2) is 0 Å². The molecule has 1 N–H and O–H groups in total. The molecule has 4 rings (SSSR count). The average molecular weight is 459 g/mol. The molecule has 2 aliphatic rings. The number of methoxy groups -OCH3 is 2. The third kappa shape index (κ3) is 4.23. The van der Waals surface area contributed by atoms with Crippen LogP contribution in [0.2, 0.25) is 0 Å². The molecule has 32 heavy (non-hydrogen) atoms. The molecule has 0 bridgehead atoms. The second kappa shape index (κ2) is 9.72. The van der Waals surface area contributed by atoms with Gasteiger partial charge in [-0.2, -0.15) is 0 Å². The fraction of sp³-hybridized carbons (Fsp3) is 0.391. The van der Waals surface area contributed by atoms with E-state index in [-0.39, 0.29) is 11.4 Å². The zero-order valence-electron chi connectivity index (χ0n) is 18.1. The Balaban J connectivity index is 1.74. The van der Waals surface area contributed by atoms with Crippen LogP contribution >= 0.6 is 11.3 Å². The van der Waals surface area contributed by atoms with Gasteiger partial charge in [0.25, 0.3) is 5.91 Å². The highest BCUT2D eigenvalue weighted by atomic mass is 32.1. The van der Waals surface area contributed by atoms with Crippen LogP contribution in [0.15, 0.2) is 47.0 Å². The van der Waals surface area contributed by atoms with Crippen LogP contribution in [0.1, 0.15) is 21.3 Å². The van der Waals surface area contributed by atoms with Crippen molar-refractivity contribution in [1.29, 1.82) is 0 Å². The molecule has 0 unspecified atom stereocenters. The number of aliphatic hydroxyl groups excluding tert-OH is 1. The summed E-state index contributed by atoms with van der Waals surface area (Å²) >= 11 is 1.27. The predicted octanol–water partition coefficient (Wildman–Crippen LogP) is 2.68. The van der Waals surface area contributed by atoms with Crippen LogP contribution < -0.4 is 9.47 Å². The predicted molar refractivity (Wildman–Crippen MR) is 120 cm³/mol. The molecule has 9 heteroatoms. The largest absolute Gasteiger partial charge is 0.503 e. The molecule has 0 saturated carbocycles. The lowest BCUT2D eigenvalue weighted by Crippen LogP contribution is -2.43. The first-order valence-electron chi connectivity index (χ1n) is 10.4. The Morgan fingerprint density at radius 1 is 1.19 bits per heavy atom. The number of hydrogen-bond acceptors (Lipinski definition) is 8. The molecule has 1 atom stereocenters. The van der Waals surface area contributed by atoms with Gasteiger partial charge >= 0.3 is 0 Å². The normalized spacial score (nSPS) is 19.5. The lowest BCUT2D eigenvalue weighted by atomic mass is 9.94. The van der Waals surface area contributed by atoms with Gasteiger partial charge in [0.05, 0.1) is 43.9 Å². The lowest BCUT2D eigenvalue weighted by molar-refractivity contribution is -0.129. The molecule has 0 spiro atoms. The molecule has 8 nitrogen and oxygen atoms in total. The van der Waals surface area contributed by atoms with Gasteiger partial charge in [-0.15, -0.1) is 11.3 Å². The number of hydrogen-bond donors (Lipinski definition) is 1. The van der Waals surface area contributed by atoms with E-state index in [0.717, 1.165) is 13.1 Å². The molecule has 1 aromatic carbocycles. The van der Waals surface area contributed by atoms with Gasteiger partial charge in [-0.05, 0) is 29.6 Å². The lowest BCUT2D eigenvalue weighted by Gasteiger charge is -2.32. The van der Waals surface area contributed by atoms with Gasteiger partial charge in [-0.1, -0.05) is 6.07 Å². The maximum Gasteiger partial charge on any atom is 0.290 e. The highest BCUT2D eigenvalue weighted by Gasteiger charge is 2.45. The van der Waals surface area contributed by atoms with Crippen LogP contribution in [0.4, 0.5) is 0 Å². The summed E-state index contributed by atoms with van der Waals surface area (Å²) in [6.07, 6.45) is 0. The standard InChI is InChI=1S/C23H26N2O6S/c1-29-15-5-6-17(30-2)16(14-15)20-19(21(26)18-4-3-13-32-18)22(27)23(28)25(20)8-7-24-9-11-31-12-10-24/h3-6,13-14,20,27H,7-12H2,1-2H3/t20-/m0/s1. The Morgan fingerprint density at radius 2 is 1.97 bits per heavy atom. The van der Waals surface area contributed by atoms with Crippen LogP contribution in [-0.4, -0.2) is 80.2 Å². The maximum absolute atomic E-state index is 13.4. The fourth-order valence-corrected chi connectivity index (χ4v) is 4.78. The van der Waals surface area contributed by atoms with Gasteiger partial charge < -0.3 is 24.2 Å². The fourth-order valence-electron chi connectivity index (χ4n) is 4.11. The van der Waals surface area contributed by atoms with Gasteiger partial charge in [0.15, 0.2) is 5.76 Å². The Bertz CT molecular complexity index is 1010. The molecular formula is C23H26N2O6S. The van der Waals surface area contributed by atoms with Gasteiger partial charge in [0.1, 0.15) is 11.5 Å². The van der Waals surface area contributed by atoms with E-state index in [0.29, 0.717) is 48.2 Å². The molecule has 1 amide bonds. The number of carbonyl (C=O) groups excluding carboxylic acids is 2. The number of ketones is 1.